The Balaban J connectivity index is 0.000000179. The second-order valence-corrected chi connectivity index (χ2v) is 2.04. The molecule has 2 aliphatic carbocycles. The van der Waals surface area contributed by atoms with Gasteiger partial charge in [-0.15, -0.1) is 0 Å². The number of fused-ring (bicyclic) bond motifs is 1. The smallest absolute Gasteiger partial charge is 0.166 e. The summed E-state index contributed by atoms with van der Waals surface area (Å²) in [5.41, 5.74) is 1.16. The number of nitriles is 1. The molecule has 0 saturated heterocycles. The summed E-state index contributed by atoms with van der Waals surface area (Å²) in [7, 11) is 0. The van der Waals surface area contributed by atoms with Gasteiger partial charge >= 0.3 is 0 Å². The van der Waals surface area contributed by atoms with Crippen LogP contribution in [0.1, 0.15) is 6.92 Å². The number of hydrogen-bond acceptors (Lipinski definition) is 1. The summed E-state index contributed by atoms with van der Waals surface area (Å²) in [6.45, 7) is 1.43. The van der Waals surface area contributed by atoms with Crippen LogP contribution in [-0.2, 0) is 0 Å². The van der Waals surface area contributed by atoms with E-state index in [9.17, 15) is 8.78 Å². The molecule has 0 amide bonds. The lowest BCUT2D eigenvalue weighted by atomic mass is 10.5. The first kappa shape index (κ1) is 7.67. The number of benzene rings is 1. The van der Waals surface area contributed by atoms with Crippen molar-refractivity contribution in [1.29, 1.82) is 5.26 Å². The van der Waals surface area contributed by atoms with Crippen molar-refractivity contribution in [3.63, 3.8) is 0 Å². The molecule has 56 valence electrons. The zero-order valence-electron chi connectivity index (χ0n) is 5.86. The standard InChI is InChI=1S/C6H2F2.C2H3N/c7-5-2-3-1-4(3)6(5)8;1-2-3/h1-2H;1H3. The molecule has 0 aromatic rings. The number of nitrogens with zero attached hydrogens (tertiary/aromatic N) is 1. The van der Waals surface area contributed by atoms with Gasteiger partial charge in [-0.2, -0.15) is 5.26 Å². The summed E-state index contributed by atoms with van der Waals surface area (Å²) in [5, 5.41) is 7.32. The van der Waals surface area contributed by atoms with Crippen LogP contribution in [0, 0.1) is 23.0 Å². The zero-order chi connectivity index (χ0) is 8.43. The summed E-state index contributed by atoms with van der Waals surface area (Å²) in [6.07, 6.45) is 0. The second kappa shape index (κ2) is 2.67. The third kappa shape index (κ3) is 1.35. The number of rotatable bonds is 0. The highest BCUT2D eigenvalue weighted by Crippen LogP contribution is 2.38. The van der Waals surface area contributed by atoms with Crippen molar-refractivity contribution >= 4 is 0 Å². The van der Waals surface area contributed by atoms with Crippen molar-refractivity contribution in [2.45, 2.75) is 6.92 Å². The molecule has 0 saturated carbocycles. The van der Waals surface area contributed by atoms with E-state index < -0.39 is 11.6 Å². The van der Waals surface area contributed by atoms with Crippen LogP contribution < -0.4 is 0 Å². The molecule has 0 aromatic carbocycles. The fourth-order valence-corrected chi connectivity index (χ4v) is 0.757. The lowest BCUT2D eigenvalue weighted by Gasteiger charge is -1.74. The fourth-order valence-electron chi connectivity index (χ4n) is 0.757. The Morgan fingerprint density at radius 2 is 1.91 bits per heavy atom. The minimum atomic E-state index is -0.725. The molecular formula is C8H5F2N. The second-order valence-electron chi connectivity index (χ2n) is 2.04. The topological polar surface area (TPSA) is 23.8 Å². The highest BCUT2D eigenvalue weighted by Gasteiger charge is 2.22. The van der Waals surface area contributed by atoms with Crippen LogP contribution in [0.2, 0.25) is 0 Å². The summed E-state index contributed by atoms with van der Waals surface area (Å²) in [5.74, 6) is -1.42. The van der Waals surface area contributed by atoms with E-state index in [1.807, 2.05) is 0 Å². The molecule has 0 aromatic heterocycles. The highest BCUT2D eigenvalue weighted by atomic mass is 19.2. The highest BCUT2D eigenvalue weighted by molar-refractivity contribution is 5.81. The molecule has 0 fully saturated rings. The summed E-state index contributed by atoms with van der Waals surface area (Å²) in [6, 6.07) is 4.56. The molecular weight excluding hydrogens is 148 g/mol. The Labute approximate surface area is 62.9 Å². The lowest BCUT2D eigenvalue weighted by molar-refractivity contribution is 0.519. The molecule has 2 rings (SSSR count). The van der Waals surface area contributed by atoms with Gasteiger partial charge < -0.3 is 0 Å². The van der Waals surface area contributed by atoms with Crippen molar-refractivity contribution in [2.24, 2.45) is 0 Å². The maximum Gasteiger partial charge on any atom is 0.166 e. The minimum Gasteiger partial charge on any atom is -0.204 e. The Kier molecular flexibility index (Phi) is 1.86. The quantitative estimate of drug-likeness (QED) is 0.570. The van der Waals surface area contributed by atoms with Gasteiger partial charge in [-0.05, 0) is 17.7 Å². The summed E-state index contributed by atoms with van der Waals surface area (Å²) >= 11 is 0. The molecule has 0 N–H and O–H groups in total. The average molecular weight is 153 g/mol. The van der Waals surface area contributed by atoms with Crippen LogP contribution in [0.5, 0.6) is 0 Å². The van der Waals surface area contributed by atoms with E-state index in [1.165, 1.54) is 13.0 Å². The van der Waals surface area contributed by atoms with E-state index in [4.69, 9.17) is 5.26 Å². The van der Waals surface area contributed by atoms with Gasteiger partial charge in [0, 0.05) is 12.5 Å². The first-order valence-electron chi connectivity index (χ1n) is 3.01. The van der Waals surface area contributed by atoms with E-state index in [-0.39, 0.29) is 0 Å². The molecule has 11 heavy (non-hydrogen) atoms. The summed E-state index contributed by atoms with van der Waals surface area (Å²) in [4.78, 5) is 0. The molecule has 0 spiro atoms. The van der Waals surface area contributed by atoms with Crippen molar-refractivity contribution in [1.82, 2.24) is 0 Å². The Morgan fingerprint density at radius 3 is 2.09 bits per heavy atom. The Hall–Kier alpha value is -1.43. The molecule has 0 atom stereocenters. The maximum atomic E-state index is 12.1. The van der Waals surface area contributed by atoms with Gasteiger partial charge in [0.05, 0.1) is 6.07 Å². The SMILES string of the molecule is CC#N.Fc1cc2cc-2c1F. The molecule has 3 heteroatoms. The molecule has 0 heterocycles. The fraction of sp³-hybridized carbons (Fsp3) is 0.125. The van der Waals surface area contributed by atoms with E-state index in [0.717, 1.165) is 0 Å². The molecule has 2 aliphatic rings. The third-order valence-corrected chi connectivity index (χ3v) is 1.26. The van der Waals surface area contributed by atoms with Gasteiger partial charge in [-0.25, -0.2) is 8.78 Å². The Morgan fingerprint density at radius 1 is 1.36 bits per heavy atom. The van der Waals surface area contributed by atoms with Crippen molar-refractivity contribution < 1.29 is 8.78 Å². The molecule has 1 nitrogen and oxygen atoms in total. The minimum absolute atomic E-state index is 0.447. The number of halogens is 2. The lowest BCUT2D eigenvalue weighted by Crippen LogP contribution is -1.68. The average Bonchev–Trinajstić information content (AvgIpc) is 2.62. The third-order valence-electron chi connectivity index (χ3n) is 1.26. The number of hydrogen-bond donors (Lipinski definition) is 0. The zero-order valence-corrected chi connectivity index (χ0v) is 5.86. The van der Waals surface area contributed by atoms with E-state index in [2.05, 4.69) is 0 Å². The van der Waals surface area contributed by atoms with Crippen LogP contribution >= 0.6 is 0 Å². The van der Waals surface area contributed by atoms with Crippen LogP contribution in [-0.4, -0.2) is 0 Å². The van der Waals surface area contributed by atoms with Gasteiger partial charge in [0.15, 0.2) is 11.6 Å². The van der Waals surface area contributed by atoms with Gasteiger partial charge in [0.25, 0.3) is 0 Å². The summed E-state index contributed by atoms with van der Waals surface area (Å²) < 4.78 is 24.1. The van der Waals surface area contributed by atoms with Gasteiger partial charge in [0.2, 0.25) is 0 Å². The first-order valence-corrected chi connectivity index (χ1v) is 3.01. The molecule has 0 radical (unpaired) electrons. The van der Waals surface area contributed by atoms with Crippen molar-refractivity contribution in [3.8, 4) is 17.2 Å². The van der Waals surface area contributed by atoms with E-state index in [0.29, 0.717) is 11.1 Å². The normalized spacial score (nSPS) is 9.27. The Bertz CT molecular complexity index is 326. The molecule has 0 unspecified atom stereocenters. The van der Waals surface area contributed by atoms with Crippen molar-refractivity contribution in [2.75, 3.05) is 0 Å². The first-order chi connectivity index (χ1) is 5.20. The van der Waals surface area contributed by atoms with Crippen molar-refractivity contribution in [3.05, 3.63) is 23.8 Å². The van der Waals surface area contributed by atoms with Crippen LogP contribution in [0.4, 0.5) is 8.78 Å². The predicted octanol–water partition coefficient (Wildman–Crippen LogP) is 2.48. The predicted molar refractivity (Wildman–Crippen MR) is 36.6 cm³/mol. The van der Waals surface area contributed by atoms with Crippen LogP contribution in [0.3, 0.4) is 0 Å². The van der Waals surface area contributed by atoms with Gasteiger partial charge in [-0.3, -0.25) is 0 Å². The van der Waals surface area contributed by atoms with Gasteiger partial charge in [0.1, 0.15) is 0 Å². The van der Waals surface area contributed by atoms with E-state index >= 15 is 0 Å². The van der Waals surface area contributed by atoms with Crippen LogP contribution in [0.25, 0.3) is 11.1 Å². The van der Waals surface area contributed by atoms with Gasteiger partial charge in [-0.1, -0.05) is 0 Å². The molecule has 0 bridgehead atoms. The largest absolute Gasteiger partial charge is 0.204 e. The monoisotopic (exact) mass is 153 g/mol. The molecule has 0 aliphatic heterocycles. The maximum absolute atomic E-state index is 12.1. The van der Waals surface area contributed by atoms with E-state index in [1.54, 1.807) is 12.1 Å². The van der Waals surface area contributed by atoms with Crippen LogP contribution in [0.15, 0.2) is 12.1 Å².